The van der Waals surface area contributed by atoms with Gasteiger partial charge in [-0.15, -0.1) is 11.3 Å². The molecule has 2 aromatic heterocycles. The number of carbonyl (C=O) groups excluding carboxylic acids is 1. The van der Waals surface area contributed by atoms with Crippen LogP contribution < -0.4 is 4.31 Å². The van der Waals surface area contributed by atoms with Crippen LogP contribution in [0, 0.1) is 5.92 Å². The lowest BCUT2D eigenvalue weighted by Crippen LogP contribution is -2.39. The average molecular weight is 547 g/mol. The summed E-state index contributed by atoms with van der Waals surface area (Å²) in [4.78, 5) is 22.9. The van der Waals surface area contributed by atoms with Crippen molar-refractivity contribution in [1.82, 2.24) is 9.88 Å². The van der Waals surface area contributed by atoms with E-state index in [0.29, 0.717) is 28.8 Å². The number of amides is 1. The smallest absolute Gasteiger partial charge is 0.273 e. The topological polar surface area (TPSA) is 106 Å². The number of H-pyrrole nitrogens is 1. The van der Waals surface area contributed by atoms with E-state index < -0.39 is 10.0 Å². The molecule has 0 radical (unpaired) electrons. The van der Waals surface area contributed by atoms with Gasteiger partial charge in [-0.05, 0) is 48.8 Å². The summed E-state index contributed by atoms with van der Waals surface area (Å²) in [5, 5.41) is 12.7. The fraction of sp³-hybridized carbons (Fsp3) is 0.440. The maximum Gasteiger partial charge on any atom is 0.273 e. The van der Waals surface area contributed by atoms with E-state index in [1.165, 1.54) is 15.6 Å². The van der Waals surface area contributed by atoms with Crippen LogP contribution in [-0.2, 0) is 14.8 Å². The van der Waals surface area contributed by atoms with Gasteiger partial charge in [0, 0.05) is 43.8 Å². The number of aliphatic imine (C=N–C) groups is 1. The van der Waals surface area contributed by atoms with Gasteiger partial charge >= 0.3 is 0 Å². The number of anilines is 1. The lowest BCUT2D eigenvalue weighted by atomic mass is 9.94. The van der Waals surface area contributed by atoms with E-state index in [0.717, 1.165) is 54.0 Å². The van der Waals surface area contributed by atoms with E-state index in [1.807, 2.05) is 23.1 Å². The molecule has 5 rings (SSSR count). The molecule has 1 amide bonds. The highest BCUT2D eigenvalue weighted by molar-refractivity contribution is 8.15. The Morgan fingerprint density at radius 1 is 1.25 bits per heavy atom. The van der Waals surface area contributed by atoms with Crippen molar-refractivity contribution in [3.63, 3.8) is 0 Å². The minimum absolute atomic E-state index is 0.0930. The molecule has 0 saturated carbocycles. The molecular weight excluding hydrogens is 517 g/mol. The van der Waals surface area contributed by atoms with Crippen LogP contribution in [0.5, 0.6) is 0 Å². The van der Waals surface area contributed by atoms with Crippen LogP contribution in [0.1, 0.15) is 31.4 Å². The summed E-state index contributed by atoms with van der Waals surface area (Å²) in [7, 11) is -2.08. The molecule has 0 bridgehead atoms. The number of nitrogens with zero attached hydrogens (tertiary/aromatic N) is 3. The molecule has 2 aliphatic heterocycles. The van der Waals surface area contributed by atoms with E-state index in [-0.39, 0.29) is 17.8 Å². The van der Waals surface area contributed by atoms with Crippen molar-refractivity contribution in [2.75, 3.05) is 37.6 Å². The molecule has 36 heavy (non-hydrogen) atoms. The van der Waals surface area contributed by atoms with Gasteiger partial charge in [0.05, 0.1) is 23.4 Å². The van der Waals surface area contributed by atoms with Crippen molar-refractivity contribution in [2.24, 2.45) is 10.9 Å². The highest BCUT2D eigenvalue weighted by Crippen LogP contribution is 2.34. The number of thiophene rings is 1. The first-order valence-electron chi connectivity index (χ1n) is 12.1. The quantitative estimate of drug-likeness (QED) is 0.445. The number of para-hydroxylation sites is 1. The van der Waals surface area contributed by atoms with E-state index in [9.17, 15) is 13.2 Å². The maximum absolute atomic E-state index is 13.1. The summed E-state index contributed by atoms with van der Waals surface area (Å²) in [5.74, 6) is 0.687. The molecule has 8 nitrogen and oxygen atoms in total. The van der Waals surface area contributed by atoms with Crippen molar-refractivity contribution >= 4 is 60.7 Å². The molecule has 1 unspecified atom stereocenters. The number of sulfonamides is 1. The Hall–Kier alpha value is -2.34. The molecule has 1 fully saturated rings. The number of fused-ring (bicyclic) bond motifs is 1. The zero-order chi connectivity index (χ0) is 25.3. The molecule has 1 aromatic carbocycles. The van der Waals surface area contributed by atoms with Crippen molar-refractivity contribution in [3.05, 3.63) is 47.5 Å². The predicted molar refractivity (Wildman–Crippen MR) is 147 cm³/mol. The molecule has 1 atom stereocenters. The van der Waals surface area contributed by atoms with Crippen molar-refractivity contribution in [2.45, 2.75) is 35.1 Å². The minimum Gasteiger partial charge on any atom is -0.396 e. The first-order chi connectivity index (χ1) is 17.4. The van der Waals surface area contributed by atoms with Crippen LogP contribution >= 0.6 is 23.1 Å². The van der Waals surface area contributed by atoms with Gasteiger partial charge in [0.2, 0.25) is 5.91 Å². The van der Waals surface area contributed by atoms with Crippen molar-refractivity contribution in [1.29, 1.82) is 0 Å². The molecule has 4 heterocycles. The van der Waals surface area contributed by atoms with E-state index >= 15 is 0 Å². The first kappa shape index (κ1) is 25.3. The van der Waals surface area contributed by atoms with Gasteiger partial charge in [0.1, 0.15) is 9.25 Å². The Kier molecular flexibility index (Phi) is 7.43. The van der Waals surface area contributed by atoms with Gasteiger partial charge in [0.25, 0.3) is 10.0 Å². The summed E-state index contributed by atoms with van der Waals surface area (Å²) in [6.07, 6.45) is 3.19. The molecule has 1 saturated heterocycles. The van der Waals surface area contributed by atoms with Gasteiger partial charge in [-0.3, -0.25) is 14.1 Å². The monoisotopic (exact) mass is 546 g/mol. The predicted octanol–water partition coefficient (Wildman–Crippen LogP) is 3.93. The number of aromatic amines is 1. The first-order valence-corrected chi connectivity index (χ1v) is 15.3. The second kappa shape index (κ2) is 10.6. The SMILES string of the molecule is CN(c1cccc2cc(C3=NCC(CC(=O)N4CCC(CCO)CC4)S3)[nH]c12)S(=O)(=O)c1cccs1. The third-order valence-electron chi connectivity index (χ3n) is 6.94. The highest BCUT2D eigenvalue weighted by Gasteiger charge is 2.29. The normalized spacial score (nSPS) is 19.1. The van der Waals surface area contributed by atoms with Gasteiger partial charge in [-0.2, -0.15) is 0 Å². The lowest BCUT2D eigenvalue weighted by molar-refractivity contribution is -0.132. The van der Waals surface area contributed by atoms with Crippen molar-refractivity contribution < 1.29 is 18.3 Å². The molecule has 192 valence electrons. The molecule has 0 aliphatic carbocycles. The van der Waals surface area contributed by atoms with Gasteiger partial charge in [-0.25, -0.2) is 8.42 Å². The Balaban J connectivity index is 1.26. The fourth-order valence-electron chi connectivity index (χ4n) is 4.84. The lowest BCUT2D eigenvalue weighted by Gasteiger charge is -2.32. The van der Waals surface area contributed by atoms with Crippen molar-refractivity contribution in [3.8, 4) is 0 Å². The minimum atomic E-state index is -3.65. The number of rotatable bonds is 8. The number of piperidine rings is 1. The third-order valence-corrected chi connectivity index (χ3v) is 11.3. The van der Waals surface area contributed by atoms with Crippen LogP contribution in [0.2, 0.25) is 0 Å². The zero-order valence-corrected chi connectivity index (χ0v) is 22.5. The van der Waals surface area contributed by atoms with Gasteiger partial charge in [0.15, 0.2) is 0 Å². The number of likely N-dealkylation sites (tertiary alicyclic amines) is 1. The van der Waals surface area contributed by atoms with Crippen LogP contribution in [0.3, 0.4) is 0 Å². The molecular formula is C25H30N4O4S3. The summed E-state index contributed by atoms with van der Waals surface area (Å²) in [6.45, 7) is 2.33. The number of hydrogen-bond acceptors (Lipinski definition) is 7. The number of nitrogens with one attached hydrogen (secondary N) is 1. The molecule has 11 heteroatoms. The number of aliphatic hydroxyl groups excluding tert-OH is 1. The van der Waals surface area contributed by atoms with Gasteiger partial charge < -0.3 is 15.0 Å². The van der Waals surface area contributed by atoms with Crippen LogP contribution in [0.25, 0.3) is 10.9 Å². The Morgan fingerprint density at radius 2 is 2.06 bits per heavy atom. The van der Waals surface area contributed by atoms with Crippen LogP contribution in [0.15, 0.2) is 51.0 Å². The third kappa shape index (κ3) is 5.06. The fourth-order valence-corrected chi connectivity index (χ4v) is 8.29. The number of aliphatic hydroxyl groups is 1. The number of hydrogen-bond donors (Lipinski definition) is 2. The largest absolute Gasteiger partial charge is 0.396 e. The average Bonchev–Trinajstić information content (AvgIpc) is 3.64. The summed E-state index contributed by atoms with van der Waals surface area (Å²) < 4.78 is 27.8. The summed E-state index contributed by atoms with van der Waals surface area (Å²) >= 11 is 2.80. The number of aromatic nitrogens is 1. The van der Waals surface area contributed by atoms with E-state index in [4.69, 9.17) is 10.1 Å². The molecule has 2 aliphatic rings. The van der Waals surface area contributed by atoms with E-state index in [2.05, 4.69) is 4.98 Å². The Bertz CT molecular complexity index is 1360. The summed E-state index contributed by atoms with van der Waals surface area (Å²) in [6, 6.07) is 10.9. The highest BCUT2D eigenvalue weighted by atomic mass is 32.2. The zero-order valence-electron chi connectivity index (χ0n) is 20.1. The molecule has 2 N–H and O–H groups in total. The Labute approximate surface area is 219 Å². The number of carbonyl (C=O) groups is 1. The Morgan fingerprint density at radius 3 is 2.78 bits per heavy atom. The number of benzene rings is 1. The second-order valence-electron chi connectivity index (χ2n) is 9.26. The van der Waals surface area contributed by atoms with Gasteiger partial charge in [-0.1, -0.05) is 30.0 Å². The second-order valence-corrected chi connectivity index (χ2v) is 13.7. The summed E-state index contributed by atoms with van der Waals surface area (Å²) in [5.41, 5.74) is 2.15. The van der Waals surface area contributed by atoms with Crippen LogP contribution in [-0.4, -0.2) is 72.9 Å². The standard InChI is InChI=1S/C25H30N4O4S3/c1-28(36(32,33)23-6-3-13-34-23)21-5-2-4-18-14-20(27-24(18)21)25-26-16-19(35-25)15-22(31)29-10-7-17(8-11-29)9-12-30/h2-6,13-14,17,19,27,30H,7-12,15-16H2,1H3. The van der Waals surface area contributed by atoms with Crippen LogP contribution in [0.4, 0.5) is 5.69 Å². The molecule has 3 aromatic rings. The van der Waals surface area contributed by atoms with E-state index in [1.54, 1.807) is 42.4 Å². The molecule has 0 spiro atoms. The number of thioether (sulfide) groups is 1. The maximum atomic E-state index is 13.1.